The summed E-state index contributed by atoms with van der Waals surface area (Å²) in [6.45, 7) is 3.39. The zero-order valence-corrected chi connectivity index (χ0v) is 9.44. The van der Waals surface area contributed by atoms with E-state index in [1.54, 1.807) is 0 Å². The fraction of sp³-hybridized carbons (Fsp3) is 0.500. The number of carboxylic acid groups (broad SMARTS) is 1. The standard InChI is InChI=1S/C10H14N4O3/c1-7-6-13(2-3-14(7)10(16)17)9-11-4-8(15)5-12-9/h4-5,7,15H,2-3,6H2,1H3,(H,16,17). The maximum Gasteiger partial charge on any atom is 0.407 e. The molecule has 0 saturated carbocycles. The first kappa shape index (κ1) is 11.4. The highest BCUT2D eigenvalue weighted by molar-refractivity contribution is 5.66. The predicted molar refractivity (Wildman–Crippen MR) is 60.1 cm³/mol. The Kier molecular flexibility index (Phi) is 2.99. The van der Waals surface area contributed by atoms with Crippen molar-refractivity contribution in [1.82, 2.24) is 14.9 Å². The lowest BCUT2D eigenvalue weighted by molar-refractivity contribution is 0.122. The van der Waals surface area contributed by atoms with E-state index in [9.17, 15) is 4.79 Å². The molecule has 1 aromatic rings. The third-order valence-electron chi connectivity index (χ3n) is 2.78. The van der Waals surface area contributed by atoms with Gasteiger partial charge < -0.3 is 20.0 Å². The zero-order chi connectivity index (χ0) is 12.4. The van der Waals surface area contributed by atoms with E-state index in [4.69, 9.17) is 10.2 Å². The third-order valence-corrected chi connectivity index (χ3v) is 2.78. The van der Waals surface area contributed by atoms with Gasteiger partial charge in [0.25, 0.3) is 0 Å². The minimum atomic E-state index is -0.899. The molecule has 0 bridgehead atoms. The zero-order valence-electron chi connectivity index (χ0n) is 9.44. The van der Waals surface area contributed by atoms with Crippen molar-refractivity contribution in [3.05, 3.63) is 12.4 Å². The second kappa shape index (κ2) is 4.44. The van der Waals surface area contributed by atoms with Gasteiger partial charge in [0.1, 0.15) is 0 Å². The number of amides is 1. The highest BCUT2D eigenvalue weighted by Gasteiger charge is 2.28. The van der Waals surface area contributed by atoms with Crippen molar-refractivity contribution in [2.24, 2.45) is 0 Å². The van der Waals surface area contributed by atoms with Gasteiger partial charge in [0.05, 0.1) is 12.4 Å². The average Bonchev–Trinajstić information content (AvgIpc) is 2.29. The molecule has 1 aliphatic rings. The summed E-state index contributed by atoms with van der Waals surface area (Å²) in [5, 5.41) is 18.0. The molecule has 0 spiro atoms. The smallest absolute Gasteiger partial charge is 0.407 e. The van der Waals surface area contributed by atoms with E-state index in [0.717, 1.165) is 0 Å². The van der Waals surface area contributed by atoms with Gasteiger partial charge in [-0.15, -0.1) is 0 Å². The highest BCUT2D eigenvalue weighted by Crippen LogP contribution is 2.16. The van der Waals surface area contributed by atoms with Gasteiger partial charge in [0.15, 0.2) is 5.75 Å². The summed E-state index contributed by atoms with van der Waals surface area (Å²) in [5.74, 6) is 0.533. The van der Waals surface area contributed by atoms with Crippen LogP contribution in [0.25, 0.3) is 0 Å². The van der Waals surface area contributed by atoms with Gasteiger partial charge in [0, 0.05) is 25.7 Å². The Balaban J connectivity index is 2.06. The van der Waals surface area contributed by atoms with Gasteiger partial charge in [-0.05, 0) is 6.92 Å². The number of nitrogens with zero attached hydrogens (tertiary/aromatic N) is 4. The molecule has 92 valence electrons. The van der Waals surface area contributed by atoms with Crippen LogP contribution in [0.4, 0.5) is 10.7 Å². The number of aromatic hydroxyl groups is 1. The Morgan fingerprint density at radius 3 is 2.59 bits per heavy atom. The molecule has 2 heterocycles. The molecule has 17 heavy (non-hydrogen) atoms. The minimum absolute atomic E-state index is 0.0194. The highest BCUT2D eigenvalue weighted by atomic mass is 16.4. The summed E-state index contributed by atoms with van der Waals surface area (Å²) < 4.78 is 0. The predicted octanol–water partition coefficient (Wildman–Crippen LogP) is 0.371. The van der Waals surface area contributed by atoms with Crippen molar-refractivity contribution in [1.29, 1.82) is 0 Å². The normalized spacial score (nSPS) is 20.4. The summed E-state index contributed by atoms with van der Waals surface area (Å²) >= 11 is 0. The molecule has 1 saturated heterocycles. The number of carbonyl (C=O) groups is 1. The lowest BCUT2D eigenvalue weighted by Crippen LogP contribution is -2.54. The Bertz CT molecular complexity index is 409. The number of hydrogen-bond donors (Lipinski definition) is 2. The summed E-state index contributed by atoms with van der Waals surface area (Å²) in [6.07, 6.45) is 1.76. The molecule has 7 heteroatoms. The first-order chi connectivity index (χ1) is 8.08. The fourth-order valence-corrected chi connectivity index (χ4v) is 1.90. The molecule has 0 aromatic carbocycles. The van der Waals surface area contributed by atoms with Crippen molar-refractivity contribution in [3.8, 4) is 5.75 Å². The monoisotopic (exact) mass is 238 g/mol. The maximum absolute atomic E-state index is 10.9. The Morgan fingerprint density at radius 1 is 1.41 bits per heavy atom. The van der Waals surface area contributed by atoms with E-state index in [0.29, 0.717) is 25.6 Å². The number of anilines is 1. The van der Waals surface area contributed by atoms with Gasteiger partial charge >= 0.3 is 6.09 Å². The molecule has 0 radical (unpaired) electrons. The number of hydrogen-bond acceptors (Lipinski definition) is 5. The van der Waals surface area contributed by atoms with E-state index in [1.807, 2.05) is 11.8 Å². The van der Waals surface area contributed by atoms with Crippen LogP contribution >= 0.6 is 0 Å². The van der Waals surface area contributed by atoms with Crippen LogP contribution in [0.2, 0.25) is 0 Å². The average molecular weight is 238 g/mol. The van der Waals surface area contributed by atoms with Crippen molar-refractivity contribution in [2.75, 3.05) is 24.5 Å². The largest absolute Gasteiger partial charge is 0.505 e. The molecule has 1 aromatic heterocycles. The summed E-state index contributed by atoms with van der Waals surface area (Å²) in [6, 6.07) is -0.0985. The van der Waals surface area contributed by atoms with Crippen molar-refractivity contribution >= 4 is 12.0 Å². The van der Waals surface area contributed by atoms with Crippen LogP contribution in [0.15, 0.2) is 12.4 Å². The maximum atomic E-state index is 10.9. The molecular formula is C10H14N4O3. The molecule has 7 nitrogen and oxygen atoms in total. The van der Waals surface area contributed by atoms with E-state index in [1.165, 1.54) is 17.3 Å². The number of piperazine rings is 1. The van der Waals surface area contributed by atoms with Crippen LogP contribution in [0, 0.1) is 0 Å². The molecule has 2 N–H and O–H groups in total. The van der Waals surface area contributed by atoms with Gasteiger partial charge in [0.2, 0.25) is 5.95 Å². The summed E-state index contributed by atoms with van der Waals surface area (Å²) in [7, 11) is 0. The van der Waals surface area contributed by atoms with Crippen LogP contribution in [0.3, 0.4) is 0 Å². The van der Waals surface area contributed by atoms with Crippen molar-refractivity contribution in [2.45, 2.75) is 13.0 Å². The van der Waals surface area contributed by atoms with Crippen LogP contribution in [0.5, 0.6) is 5.75 Å². The quantitative estimate of drug-likeness (QED) is 0.734. The first-order valence-corrected chi connectivity index (χ1v) is 5.33. The summed E-state index contributed by atoms with van der Waals surface area (Å²) in [4.78, 5) is 22.2. The van der Waals surface area contributed by atoms with E-state index in [2.05, 4.69) is 9.97 Å². The molecule has 1 atom stereocenters. The second-order valence-electron chi connectivity index (χ2n) is 4.01. The number of rotatable bonds is 1. The molecule has 1 aliphatic heterocycles. The molecular weight excluding hydrogens is 224 g/mol. The molecule has 1 amide bonds. The van der Waals surface area contributed by atoms with Gasteiger partial charge in [-0.25, -0.2) is 14.8 Å². The summed E-state index contributed by atoms with van der Waals surface area (Å²) in [5.41, 5.74) is 0. The Labute approximate surface area is 98.3 Å². The molecule has 2 rings (SSSR count). The van der Waals surface area contributed by atoms with Crippen LogP contribution in [0.1, 0.15) is 6.92 Å². The first-order valence-electron chi connectivity index (χ1n) is 5.33. The molecule has 1 unspecified atom stereocenters. The van der Waals surface area contributed by atoms with E-state index < -0.39 is 6.09 Å². The van der Waals surface area contributed by atoms with Crippen molar-refractivity contribution < 1.29 is 15.0 Å². The van der Waals surface area contributed by atoms with E-state index in [-0.39, 0.29) is 11.8 Å². The van der Waals surface area contributed by atoms with Gasteiger partial charge in [-0.2, -0.15) is 0 Å². The SMILES string of the molecule is CC1CN(c2ncc(O)cn2)CCN1C(=O)O. The Morgan fingerprint density at radius 2 is 2.06 bits per heavy atom. The van der Waals surface area contributed by atoms with Gasteiger partial charge in [-0.3, -0.25) is 0 Å². The van der Waals surface area contributed by atoms with Gasteiger partial charge in [-0.1, -0.05) is 0 Å². The van der Waals surface area contributed by atoms with Crippen molar-refractivity contribution in [3.63, 3.8) is 0 Å². The Hall–Kier alpha value is -2.05. The lowest BCUT2D eigenvalue weighted by atomic mass is 10.2. The molecule has 1 fully saturated rings. The fourth-order valence-electron chi connectivity index (χ4n) is 1.90. The van der Waals surface area contributed by atoms with Crippen LogP contribution < -0.4 is 4.90 Å². The second-order valence-corrected chi connectivity index (χ2v) is 4.01. The van der Waals surface area contributed by atoms with E-state index >= 15 is 0 Å². The minimum Gasteiger partial charge on any atom is -0.505 e. The topological polar surface area (TPSA) is 89.8 Å². The van der Waals surface area contributed by atoms with Crippen LogP contribution in [-0.4, -0.2) is 56.9 Å². The molecule has 0 aliphatic carbocycles. The number of aromatic nitrogens is 2. The third kappa shape index (κ3) is 2.38. The lowest BCUT2D eigenvalue weighted by Gasteiger charge is -2.38. The van der Waals surface area contributed by atoms with Crippen LogP contribution in [-0.2, 0) is 0 Å².